The summed E-state index contributed by atoms with van der Waals surface area (Å²) in [5.41, 5.74) is 6.56. The first-order valence-corrected chi connectivity index (χ1v) is 12.9. The van der Waals surface area contributed by atoms with Crippen molar-refractivity contribution in [2.45, 2.75) is 37.8 Å². The van der Waals surface area contributed by atoms with Crippen molar-refractivity contribution >= 4 is 27.7 Å². The lowest BCUT2D eigenvalue weighted by Gasteiger charge is -2.22. The highest BCUT2D eigenvalue weighted by atomic mass is 79.9. The Morgan fingerprint density at radius 1 is 1.10 bits per heavy atom. The van der Waals surface area contributed by atoms with Gasteiger partial charge in [0.05, 0.1) is 17.3 Å². The minimum atomic E-state index is -0.940. The van der Waals surface area contributed by atoms with Gasteiger partial charge in [-0.2, -0.15) is 0 Å². The lowest BCUT2D eigenvalue weighted by molar-refractivity contribution is -0.122. The maximum atomic E-state index is 14.2. The van der Waals surface area contributed by atoms with Crippen molar-refractivity contribution in [2.75, 3.05) is 0 Å². The van der Waals surface area contributed by atoms with E-state index in [0.29, 0.717) is 27.4 Å². The Bertz CT molecular complexity index is 1550. The first kappa shape index (κ1) is 26.5. The van der Waals surface area contributed by atoms with Crippen LogP contribution in [0.25, 0.3) is 11.1 Å². The average molecular weight is 599 g/mol. The number of nitrogens with two attached hydrogens (primary N) is 1. The predicted octanol–water partition coefficient (Wildman–Crippen LogP) is 4.60. The molecule has 0 radical (unpaired) electrons. The lowest BCUT2D eigenvalue weighted by Crippen LogP contribution is -2.34. The number of benzene rings is 2. The summed E-state index contributed by atoms with van der Waals surface area (Å²) < 4.78 is 44.1. The monoisotopic (exact) mass is 598 g/mol. The van der Waals surface area contributed by atoms with Gasteiger partial charge in [-0.1, -0.05) is 12.1 Å². The van der Waals surface area contributed by atoms with Crippen molar-refractivity contribution in [3.8, 4) is 11.1 Å². The van der Waals surface area contributed by atoms with E-state index < -0.39 is 35.3 Å². The quantitative estimate of drug-likeness (QED) is 0.292. The molecule has 12 heteroatoms. The van der Waals surface area contributed by atoms with Gasteiger partial charge in [-0.25, -0.2) is 22.8 Å². The van der Waals surface area contributed by atoms with Crippen molar-refractivity contribution < 1.29 is 22.8 Å². The number of aromatic nitrogens is 4. The standard InChI is InChI=1S/C27H22BrF3N6O2/c28-27-35-26(15-3-4-15)37(36-27)13-23(38)34-22(10-14-8-17(29)12-18(30)9-14)24-19(2-1-7-33-24)16-5-6-21(31)20(11-16)25(32)39/h1-2,5-9,11-12,15,22H,3-4,10,13H2,(H2,32,39)(H,34,38). The smallest absolute Gasteiger partial charge is 0.251 e. The van der Waals surface area contributed by atoms with Crippen molar-refractivity contribution in [1.29, 1.82) is 0 Å². The van der Waals surface area contributed by atoms with Gasteiger partial charge in [0.2, 0.25) is 10.6 Å². The molecule has 0 spiro atoms. The summed E-state index contributed by atoms with van der Waals surface area (Å²) in [4.78, 5) is 33.8. The highest BCUT2D eigenvalue weighted by Crippen LogP contribution is 2.39. The number of nitrogens with one attached hydrogen (secondary N) is 1. The number of primary amides is 1. The predicted molar refractivity (Wildman–Crippen MR) is 139 cm³/mol. The minimum Gasteiger partial charge on any atom is -0.366 e. The van der Waals surface area contributed by atoms with Crippen LogP contribution in [0.15, 0.2) is 59.5 Å². The number of halogens is 4. The van der Waals surface area contributed by atoms with Gasteiger partial charge in [-0.15, -0.1) is 5.10 Å². The summed E-state index contributed by atoms with van der Waals surface area (Å²) in [5.74, 6) is -2.73. The fourth-order valence-corrected chi connectivity index (χ4v) is 4.84. The zero-order valence-electron chi connectivity index (χ0n) is 20.4. The molecule has 4 aromatic rings. The van der Waals surface area contributed by atoms with E-state index in [-0.39, 0.29) is 30.0 Å². The van der Waals surface area contributed by atoms with Crippen LogP contribution in [0, 0.1) is 17.5 Å². The normalized spacial score (nSPS) is 13.7. The van der Waals surface area contributed by atoms with Crippen LogP contribution in [0.2, 0.25) is 0 Å². The molecule has 2 aromatic carbocycles. The van der Waals surface area contributed by atoms with Gasteiger partial charge in [0.1, 0.15) is 29.8 Å². The topological polar surface area (TPSA) is 116 Å². The molecule has 1 atom stereocenters. The molecule has 1 aliphatic carbocycles. The van der Waals surface area contributed by atoms with Gasteiger partial charge < -0.3 is 11.1 Å². The second kappa shape index (κ2) is 11.0. The van der Waals surface area contributed by atoms with Crippen LogP contribution >= 0.6 is 15.9 Å². The number of nitrogens with zero attached hydrogens (tertiary/aromatic N) is 4. The Morgan fingerprint density at radius 2 is 1.85 bits per heavy atom. The third kappa shape index (κ3) is 6.17. The fraction of sp³-hybridized carbons (Fsp3) is 0.222. The Balaban J connectivity index is 1.51. The molecule has 1 unspecified atom stereocenters. The van der Waals surface area contributed by atoms with E-state index in [2.05, 4.69) is 36.3 Å². The second-order valence-electron chi connectivity index (χ2n) is 9.27. The number of rotatable bonds is 9. The van der Waals surface area contributed by atoms with Gasteiger partial charge in [-0.05, 0) is 76.7 Å². The first-order chi connectivity index (χ1) is 18.7. The van der Waals surface area contributed by atoms with Gasteiger partial charge >= 0.3 is 0 Å². The van der Waals surface area contributed by atoms with Crippen LogP contribution in [-0.2, 0) is 17.8 Å². The average Bonchev–Trinajstić information content (AvgIpc) is 3.65. The fourth-order valence-electron chi connectivity index (χ4n) is 4.46. The number of pyridine rings is 1. The summed E-state index contributed by atoms with van der Waals surface area (Å²) in [6.07, 6.45) is 3.42. The van der Waals surface area contributed by atoms with Gasteiger partial charge in [-0.3, -0.25) is 14.6 Å². The molecule has 3 N–H and O–H groups in total. The van der Waals surface area contributed by atoms with Crippen molar-refractivity contribution in [1.82, 2.24) is 25.1 Å². The number of amides is 2. The van der Waals surface area contributed by atoms with Crippen molar-refractivity contribution in [3.63, 3.8) is 0 Å². The van der Waals surface area contributed by atoms with E-state index in [0.717, 1.165) is 25.0 Å². The molecule has 1 fully saturated rings. The molecule has 2 amide bonds. The summed E-state index contributed by atoms with van der Waals surface area (Å²) in [6.45, 7) is -0.136. The van der Waals surface area contributed by atoms with Gasteiger partial charge in [0, 0.05) is 23.7 Å². The van der Waals surface area contributed by atoms with E-state index in [1.54, 1.807) is 12.1 Å². The number of hydrogen-bond donors (Lipinski definition) is 2. The van der Waals surface area contributed by atoms with E-state index in [1.807, 2.05) is 0 Å². The van der Waals surface area contributed by atoms with Crippen molar-refractivity contribution in [3.05, 3.63) is 99.6 Å². The zero-order chi connectivity index (χ0) is 27.7. The second-order valence-corrected chi connectivity index (χ2v) is 9.98. The molecule has 0 saturated heterocycles. The van der Waals surface area contributed by atoms with E-state index in [4.69, 9.17) is 5.73 Å². The van der Waals surface area contributed by atoms with Crippen LogP contribution in [-0.4, -0.2) is 31.6 Å². The number of hydrogen-bond acceptors (Lipinski definition) is 5. The molecule has 2 aromatic heterocycles. The molecule has 1 saturated carbocycles. The van der Waals surface area contributed by atoms with E-state index in [1.165, 1.54) is 35.1 Å². The molecule has 39 heavy (non-hydrogen) atoms. The highest BCUT2D eigenvalue weighted by Gasteiger charge is 2.30. The molecule has 1 aliphatic rings. The minimum absolute atomic E-state index is 0.00909. The first-order valence-electron chi connectivity index (χ1n) is 12.1. The maximum Gasteiger partial charge on any atom is 0.251 e. The molecular formula is C27H22BrF3N6O2. The van der Waals surface area contributed by atoms with E-state index in [9.17, 15) is 22.8 Å². The molecular weight excluding hydrogens is 577 g/mol. The molecule has 0 aliphatic heterocycles. The van der Waals surface area contributed by atoms with Crippen LogP contribution in [0.5, 0.6) is 0 Å². The Morgan fingerprint density at radius 3 is 2.54 bits per heavy atom. The Hall–Kier alpha value is -4.06. The molecule has 8 nitrogen and oxygen atoms in total. The number of carbonyl (C=O) groups is 2. The molecule has 0 bridgehead atoms. The Labute approximate surface area is 229 Å². The zero-order valence-corrected chi connectivity index (χ0v) is 22.0. The van der Waals surface area contributed by atoms with Gasteiger partial charge in [0.25, 0.3) is 5.91 Å². The van der Waals surface area contributed by atoms with Crippen LogP contribution in [0.4, 0.5) is 13.2 Å². The van der Waals surface area contributed by atoms with Crippen LogP contribution < -0.4 is 11.1 Å². The van der Waals surface area contributed by atoms with Gasteiger partial charge in [0.15, 0.2) is 0 Å². The van der Waals surface area contributed by atoms with Crippen LogP contribution in [0.3, 0.4) is 0 Å². The largest absolute Gasteiger partial charge is 0.366 e. The van der Waals surface area contributed by atoms with Crippen molar-refractivity contribution in [2.24, 2.45) is 5.73 Å². The lowest BCUT2D eigenvalue weighted by atomic mass is 9.94. The summed E-state index contributed by atoms with van der Waals surface area (Å²) >= 11 is 3.26. The third-order valence-electron chi connectivity index (χ3n) is 6.32. The highest BCUT2D eigenvalue weighted by molar-refractivity contribution is 9.10. The third-order valence-corrected chi connectivity index (χ3v) is 6.66. The Kier molecular flexibility index (Phi) is 7.47. The van der Waals surface area contributed by atoms with Crippen LogP contribution in [0.1, 0.15) is 52.2 Å². The maximum absolute atomic E-state index is 14.2. The molecule has 5 rings (SSSR count). The SMILES string of the molecule is NC(=O)c1cc(-c2cccnc2C(Cc2cc(F)cc(F)c2)NC(=O)Cn2nc(Br)nc2C2CC2)ccc1F. The van der Waals surface area contributed by atoms with E-state index >= 15 is 0 Å². The molecule has 200 valence electrons. The summed E-state index contributed by atoms with van der Waals surface area (Å²) in [5, 5.41) is 7.17. The molecule has 2 heterocycles. The summed E-state index contributed by atoms with van der Waals surface area (Å²) in [6, 6.07) is 9.45. The number of carbonyl (C=O) groups excluding carboxylic acids is 2. The summed E-state index contributed by atoms with van der Waals surface area (Å²) in [7, 11) is 0.